The number of carboxylic acids is 1. The average molecular weight is 695 g/mol. The molecule has 4 fully saturated rings. The molecule has 4 aliphatic carbocycles. The third kappa shape index (κ3) is 6.54. The molecular weight excluding hydrogens is 657 g/mol. The van der Waals surface area contributed by atoms with Gasteiger partial charge in [-0.15, -0.1) is 0 Å². The summed E-state index contributed by atoms with van der Waals surface area (Å²) in [5.74, 6) is 1.08. The summed E-state index contributed by atoms with van der Waals surface area (Å²) in [6.07, 6.45) is 8.67. The van der Waals surface area contributed by atoms with Gasteiger partial charge < -0.3 is 19.6 Å². The number of aromatic nitrogens is 4. The van der Waals surface area contributed by atoms with Gasteiger partial charge in [-0.2, -0.15) is 4.98 Å². The lowest BCUT2D eigenvalue weighted by Gasteiger charge is -2.63. The van der Waals surface area contributed by atoms with Crippen LogP contribution in [-0.4, -0.2) is 52.1 Å². The molecular formula is C37H38N6O6S. The number of hydrogen-bond acceptors (Lipinski definition) is 10. The third-order valence-electron chi connectivity index (χ3n) is 10.2. The number of rotatable bonds is 14. The maximum absolute atomic E-state index is 13.4. The minimum atomic E-state index is -4.23. The summed E-state index contributed by atoms with van der Waals surface area (Å²) in [6.45, 7) is 4.72. The second-order valence-electron chi connectivity index (χ2n) is 14.2. The third-order valence-corrected chi connectivity index (χ3v) is 11.5. The monoisotopic (exact) mass is 694 g/mol. The van der Waals surface area contributed by atoms with Crippen molar-refractivity contribution in [3.63, 3.8) is 0 Å². The first-order chi connectivity index (χ1) is 24.0. The predicted molar refractivity (Wildman–Crippen MR) is 185 cm³/mol. The number of carboxylic acid groups (broad SMARTS) is 1. The Bertz CT molecular complexity index is 2200. The fourth-order valence-corrected chi connectivity index (χ4v) is 8.44. The van der Waals surface area contributed by atoms with Gasteiger partial charge in [0.2, 0.25) is 17.5 Å². The fourth-order valence-electron chi connectivity index (χ4n) is 7.46. The molecule has 4 saturated carbocycles. The van der Waals surface area contributed by atoms with E-state index in [0.29, 0.717) is 29.3 Å². The molecule has 3 heterocycles. The van der Waals surface area contributed by atoms with Crippen molar-refractivity contribution in [1.29, 1.82) is 0 Å². The quantitative estimate of drug-likeness (QED) is 0.118. The molecule has 2 aromatic carbocycles. The second-order valence-corrected chi connectivity index (χ2v) is 15.8. The molecule has 13 heteroatoms. The molecule has 258 valence electrons. The Balaban J connectivity index is 1.05. The van der Waals surface area contributed by atoms with E-state index in [-0.39, 0.29) is 34.9 Å². The Kier molecular flexibility index (Phi) is 8.06. The number of fused-ring (bicyclic) bond motifs is 1. The summed E-state index contributed by atoms with van der Waals surface area (Å²) in [5.41, 5.74) is 5.58. The summed E-state index contributed by atoms with van der Waals surface area (Å²) in [6, 6.07) is 14.7. The van der Waals surface area contributed by atoms with Gasteiger partial charge >= 0.3 is 5.97 Å². The van der Waals surface area contributed by atoms with Crippen molar-refractivity contribution in [2.24, 2.45) is 11.3 Å². The van der Waals surface area contributed by atoms with Crippen LogP contribution in [0.5, 0.6) is 5.88 Å². The maximum Gasteiger partial charge on any atom is 0.335 e. The molecule has 3 N–H and O–H groups in total. The fraction of sp³-hybridized carbons (Fsp3) is 0.378. The molecule has 1 atom stereocenters. The highest BCUT2D eigenvalue weighted by Crippen LogP contribution is 2.66. The Hall–Kier alpha value is -4.88. The summed E-state index contributed by atoms with van der Waals surface area (Å²) in [7, 11) is -4.23. The van der Waals surface area contributed by atoms with E-state index in [9.17, 15) is 18.3 Å². The van der Waals surface area contributed by atoms with Crippen LogP contribution in [-0.2, 0) is 16.6 Å². The Morgan fingerprint density at radius 3 is 2.50 bits per heavy atom. The number of nitrogens with zero attached hydrogens (tertiary/aromatic N) is 4. The maximum atomic E-state index is 13.4. The van der Waals surface area contributed by atoms with Gasteiger partial charge in [-0.25, -0.2) is 32.9 Å². The van der Waals surface area contributed by atoms with Crippen molar-refractivity contribution in [3.05, 3.63) is 88.9 Å². The number of ether oxygens (including phenoxy) is 1. The standard InChI is InChI=1S/C37H38N6O6S/c1-21-5-3-6-22(2)33(21)29-13-32(42-36(41-29)43-50(46,47)28-8-4-7-25(11-28)35(44)45)48-20-26(17-37-14-23(15-37)16-37)38-18-27-19-39-34-30(40-27)12-31(49-34)24-9-10-24/h3-8,11-13,19,23-24,26,38H,9-10,14-18,20H2,1-2H3,(H,44,45)(H,41,42,43). The number of hydrogen-bond donors (Lipinski definition) is 3. The van der Waals surface area contributed by atoms with Gasteiger partial charge in [-0.05, 0) is 93.0 Å². The second kappa shape index (κ2) is 12.5. The van der Waals surface area contributed by atoms with Gasteiger partial charge in [-0.1, -0.05) is 24.3 Å². The highest BCUT2D eigenvalue weighted by atomic mass is 32.2. The van der Waals surface area contributed by atoms with Crippen LogP contribution >= 0.6 is 0 Å². The van der Waals surface area contributed by atoms with Crippen molar-refractivity contribution in [1.82, 2.24) is 25.3 Å². The van der Waals surface area contributed by atoms with Crippen molar-refractivity contribution < 1.29 is 27.5 Å². The van der Waals surface area contributed by atoms with E-state index in [0.717, 1.165) is 64.9 Å². The molecule has 0 amide bonds. The van der Waals surface area contributed by atoms with Gasteiger partial charge in [0.15, 0.2) is 0 Å². The van der Waals surface area contributed by atoms with Crippen LogP contribution < -0.4 is 14.8 Å². The van der Waals surface area contributed by atoms with Gasteiger partial charge in [-0.3, -0.25) is 0 Å². The average Bonchev–Trinajstić information content (AvgIpc) is 3.81. The first-order valence-electron chi connectivity index (χ1n) is 17.0. The van der Waals surface area contributed by atoms with Crippen LogP contribution in [0, 0.1) is 25.2 Å². The lowest BCUT2D eigenvalue weighted by molar-refractivity contribution is -0.119. The topological polar surface area (TPSA) is 169 Å². The van der Waals surface area contributed by atoms with Gasteiger partial charge in [0.25, 0.3) is 10.0 Å². The van der Waals surface area contributed by atoms with Crippen LogP contribution in [0.25, 0.3) is 22.5 Å². The van der Waals surface area contributed by atoms with Crippen LogP contribution in [0.2, 0.25) is 0 Å². The highest BCUT2D eigenvalue weighted by Gasteiger charge is 2.56. The molecule has 0 saturated heterocycles. The number of carbonyl (C=O) groups is 1. The molecule has 12 nitrogen and oxygen atoms in total. The SMILES string of the molecule is Cc1cccc(C)c1-c1cc(OCC(CC23CC(C2)C3)NCc2cnc3oc(C4CC4)cc3n2)nc(NS(=O)(=O)c2cccc(C(=O)O)c2)n1. The lowest BCUT2D eigenvalue weighted by atomic mass is 9.43. The first-order valence-corrected chi connectivity index (χ1v) is 18.4. The van der Waals surface area contributed by atoms with Gasteiger partial charge in [0, 0.05) is 36.2 Å². The first kappa shape index (κ1) is 32.3. The molecule has 4 aliphatic rings. The zero-order chi connectivity index (χ0) is 34.6. The van der Waals surface area contributed by atoms with E-state index in [2.05, 4.69) is 25.0 Å². The van der Waals surface area contributed by atoms with E-state index >= 15 is 0 Å². The van der Waals surface area contributed by atoms with Gasteiger partial charge in [0.1, 0.15) is 17.9 Å². The Labute approximate surface area is 289 Å². The summed E-state index contributed by atoms with van der Waals surface area (Å²) in [5, 5.41) is 13.1. The zero-order valence-electron chi connectivity index (χ0n) is 27.8. The van der Waals surface area contributed by atoms with Crippen molar-refractivity contribution in [3.8, 4) is 17.1 Å². The van der Waals surface area contributed by atoms with Crippen molar-refractivity contribution in [2.45, 2.75) is 75.8 Å². The Morgan fingerprint density at radius 1 is 1.04 bits per heavy atom. The molecule has 0 radical (unpaired) electrons. The van der Waals surface area contributed by atoms with Gasteiger partial charge in [0.05, 0.1) is 28.0 Å². The molecule has 9 rings (SSSR count). The van der Waals surface area contributed by atoms with Crippen LogP contribution in [0.3, 0.4) is 0 Å². The van der Waals surface area contributed by atoms with Crippen molar-refractivity contribution in [2.75, 3.05) is 11.3 Å². The number of aromatic carboxylic acids is 1. The summed E-state index contributed by atoms with van der Waals surface area (Å²) in [4.78, 5) is 29.7. The van der Waals surface area contributed by atoms with Crippen LogP contribution in [0.1, 0.15) is 77.4 Å². The van der Waals surface area contributed by atoms with E-state index in [1.165, 1.54) is 37.5 Å². The molecule has 5 aromatic rings. The van der Waals surface area contributed by atoms with Crippen molar-refractivity contribution >= 4 is 33.2 Å². The number of benzene rings is 2. The lowest BCUT2D eigenvalue weighted by Crippen LogP contribution is -2.55. The number of nitrogens with one attached hydrogen (secondary N) is 2. The number of furan rings is 1. The molecule has 3 aromatic heterocycles. The van der Waals surface area contributed by atoms with E-state index in [1.54, 1.807) is 12.3 Å². The Morgan fingerprint density at radius 2 is 1.80 bits per heavy atom. The van der Waals surface area contributed by atoms with E-state index in [4.69, 9.17) is 14.1 Å². The number of sulfonamides is 1. The number of anilines is 1. The molecule has 0 spiro atoms. The summed E-state index contributed by atoms with van der Waals surface area (Å²) < 4.78 is 41.6. The molecule has 0 aliphatic heterocycles. The summed E-state index contributed by atoms with van der Waals surface area (Å²) >= 11 is 0. The van der Waals surface area contributed by atoms with Crippen LogP contribution in [0.4, 0.5) is 5.95 Å². The highest BCUT2D eigenvalue weighted by molar-refractivity contribution is 7.92. The minimum Gasteiger partial charge on any atom is -0.478 e. The molecule has 50 heavy (non-hydrogen) atoms. The number of aryl methyl sites for hydroxylation is 2. The van der Waals surface area contributed by atoms with E-state index in [1.807, 2.05) is 38.1 Å². The predicted octanol–water partition coefficient (Wildman–Crippen LogP) is 6.40. The van der Waals surface area contributed by atoms with Crippen LogP contribution in [0.15, 0.2) is 70.1 Å². The molecule has 2 bridgehead atoms. The smallest absolute Gasteiger partial charge is 0.335 e. The molecule has 1 unspecified atom stereocenters. The minimum absolute atomic E-state index is 0.0300. The zero-order valence-corrected chi connectivity index (χ0v) is 28.7. The largest absolute Gasteiger partial charge is 0.478 e. The normalized spacial score (nSPS) is 20.2. The van der Waals surface area contributed by atoms with E-state index < -0.39 is 16.0 Å².